The quantitative estimate of drug-likeness (QED) is 0.553. The van der Waals surface area contributed by atoms with E-state index in [1.54, 1.807) is 0 Å². The van der Waals surface area contributed by atoms with Crippen LogP contribution in [0.15, 0.2) is 12.2 Å². The van der Waals surface area contributed by atoms with Crippen LogP contribution < -0.4 is 5.32 Å². The van der Waals surface area contributed by atoms with Gasteiger partial charge in [-0.05, 0) is 32.1 Å². The monoisotopic (exact) mass is 209 g/mol. The molecule has 3 heteroatoms. The normalized spacial score (nSPS) is 38.8. The minimum absolute atomic E-state index is 0.0220. The predicted octanol–water partition coefficient (Wildman–Crippen LogP) is 1.49. The molecule has 1 N–H and O–H groups in total. The fourth-order valence-electron chi connectivity index (χ4n) is 3.03. The molecule has 0 radical (unpaired) electrons. The van der Waals surface area contributed by atoms with Crippen LogP contribution in [0.1, 0.15) is 26.2 Å². The van der Waals surface area contributed by atoms with Gasteiger partial charge in [-0.1, -0.05) is 12.2 Å². The van der Waals surface area contributed by atoms with Crippen molar-refractivity contribution in [3.05, 3.63) is 12.2 Å². The number of hydrogen-bond acceptors (Lipinski definition) is 3. The first-order chi connectivity index (χ1) is 7.13. The number of carbonyl (C=O) groups excluding carboxylic acids is 1. The van der Waals surface area contributed by atoms with E-state index in [1.165, 1.54) is 13.5 Å². The number of ether oxygens (including phenoxy) is 1. The Morgan fingerprint density at radius 1 is 1.47 bits per heavy atom. The van der Waals surface area contributed by atoms with Gasteiger partial charge in [-0.2, -0.15) is 0 Å². The summed E-state index contributed by atoms with van der Waals surface area (Å²) < 4.78 is 4.90. The first-order valence-corrected chi connectivity index (χ1v) is 5.62. The van der Waals surface area contributed by atoms with Gasteiger partial charge in [-0.3, -0.25) is 4.79 Å². The Balaban J connectivity index is 2.21. The predicted molar refractivity (Wildman–Crippen MR) is 58.4 cm³/mol. The van der Waals surface area contributed by atoms with Gasteiger partial charge in [-0.25, -0.2) is 0 Å². The standard InChI is InChI=1S/C12H19NO2/c1-7(2)9-6-8-4-5-10(13-8)11(9)12(14)15-3/h8-11,13H,1,4-6H2,2-3H3. The van der Waals surface area contributed by atoms with E-state index in [1.807, 2.05) is 6.92 Å². The topological polar surface area (TPSA) is 38.3 Å². The Hall–Kier alpha value is -0.830. The molecule has 0 aromatic carbocycles. The Morgan fingerprint density at radius 3 is 2.80 bits per heavy atom. The van der Waals surface area contributed by atoms with Crippen LogP contribution in [0.25, 0.3) is 0 Å². The van der Waals surface area contributed by atoms with Crippen LogP contribution in [-0.4, -0.2) is 25.2 Å². The Morgan fingerprint density at radius 2 is 2.20 bits per heavy atom. The Kier molecular flexibility index (Phi) is 2.83. The van der Waals surface area contributed by atoms with Crippen molar-refractivity contribution in [1.29, 1.82) is 0 Å². The molecule has 2 saturated heterocycles. The maximum atomic E-state index is 11.8. The summed E-state index contributed by atoms with van der Waals surface area (Å²) in [5.41, 5.74) is 1.11. The summed E-state index contributed by atoms with van der Waals surface area (Å²) in [5, 5.41) is 3.50. The summed E-state index contributed by atoms with van der Waals surface area (Å²) in [7, 11) is 1.47. The van der Waals surface area contributed by atoms with Crippen LogP contribution in [0, 0.1) is 11.8 Å². The third-order valence-corrected chi connectivity index (χ3v) is 3.79. The molecule has 84 valence electrons. The summed E-state index contributed by atoms with van der Waals surface area (Å²) >= 11 is 0. The van der Waals surface area contributed by atoms with Crippen molar-refractivity contribution in [3.63, 3.8) is 0 Å². The van der Waals surface area contributed by atoms with Gasteiger partial charge in [0.15, 0.2) is 0 Å². The lowest BCUT2D eigenvalue weighted by Gasteiger charge is -2.36. The lowest BCUT2D eigenvalue weighted by molar-refractivity contribution is -0.148. The van der Waals surface area contributed by atoms with Crippen molar-refractivity contribution in [2.24, 2.45) is 11.8 Å². The van der Waals surface area contributed by atoms with E-state index in [4.69, 9.17) is 4.74 Å². The number of allylic oxidation sites excluding steroid dienone is 1. The molecule has 0 spiro atoms. The molecule has 0 saturated carbocycles. The SMILES string of the molecule is C=C(C)C1CC2CCC(N2)C1C(=O)OC. The summed E-state index contributed by atoms with van der Waals surface area (Å²) in [6.07, 6.45) is 3.31. The van der Waals surface area contributed by atoms with Gasteiger partial charge in [0.25, 0.3) is 0 Å². The second-order valence-electron chi connectivity index (χ2n) is 4.78. The number of hydrogen-bond donors (Lipinski definition) is 1. The molecule has 2 aliphatic rings. The molecule has 2 bridgehead atoms. The highest BCUT2D eigenvalue weighted by molar-refractivity contribution is 5.74. The number of nitrogens with one attached hydrogen (secondary N) is 1. The van der Waals surface area contributed by atoms with Crippen molar-refractivity contribution in [1.82, 2.24) is 5.32 Å². The highest BCUT2D eigenvalue weighted by atomic mass is 16.5. The molecular weight excluding hydrogens is 190 g/mol. The fourth-order valence-corrected chi connectivity index (χ4v) is 3.03. The van der Waals surface area contributed by atoms with E-state index in [0.717, 1.165) is 18.4 Å². The molecule has 2 rings (SSSR count). The Bertz CT molecular complexity index is 287. The second-order valence-corrected chi connectivity index (χ2v) is 4.78. The van der Waals surface area contributed by atoms with E-state index < -0.39 is 0 Å². The zero-order valence-electron chi connectivity index (χ0n) is 9.45. The van der Waals surface area contributed by atoms with Gasteiger partial charge >= 0.3 is 5.97 Å². The molecule has 4 unspecified atom stereocenters. The van der Waals surface area contributed by atoms with Gasteiger partial charge in [0.05, 0.1) is 13.0 Å². The number of esters is 1. The smallest absolute Gasteiger partial charge is 0.310 e. The van der Waals surface area contributed by atoms with E-state index >= 15 is 0 Å². The molecule has 3 nitrogen and oxygen atoms in total. The Labute approximate surface area is 90.9 Å². The lowest BCUT2D eigenvalue weighted by Crippen LogP contribution is -2.49. The minimum Gasteiger partial charge on any atom is -0.469 e. The molecule has 0 aromatic rings. The van der Waals surface area contributed by atoms with Crippen LogP contribution in [0.5, 0.6) is 0 Å². The van der Waals surface area contributed by atoms with Crippen molar-refractivity contribution in [2.45, 2.75) is 38.3 Å². The third-order valence-electron chi connectivity index (χ3n) is 3.79. The lowest BCUT2D eigenvalue weighted by atomic mass is 9.77. The van der Waals surface area contributed by atoms with Gasteiger partial charge in [0, 0.05) is 12.1 Å². The van der Waals surface area contributed by atoms with Crippen LogP contribution in [0.4, 0.5) is 0 Å². The maximum Gasteiger partial charge on any atom is 0.310 e. The van der Waals surface area contributed by atoms with Crippen molar-refractivity contribution >= 4 is 5.97 Å². The average Bonchev–Trinajstić information content (AvgIpc) is 2.59. The molecule has 2 fully saturated rings. The summed E-state index contributed by atoms with van der Waals surface area (Å²) in [5.74, 6) is 0.197. The molecule has 0 aliphatic carbocycles. The molecule has 15 heavy (non-hydrogen) atoms. The van der Waals surface area contributed by atoms with Crippen LogP contribution in [0.2, 0.25) is 0 Å². The molecule has 4 atom stereocenters. The van der Waals surface area contributed by atoms with Crippen LogP contribution in [0.3, 0.4) is 0 Å². The maximum absolute atomic E-state index is 11.8. The molecular formula is C12H19NO2. The van der Waals surface area contributed by atoms with Gasteiger partial charge < -0.3 is 10.1 Å². The second kappa shape index (κ2) is 3.97. The van der Waals surface area contributed by atoms with Crippen molar-refractivity contribution < 1.29 is 9.53 Å². The first-order valence-electron chi connectivity index (χ1n) is 5.62. The van der Waals surface area contributed by atoms with Crippen molar-refractivity contribution in [3.8, 4) is 0 Å². The van der Waals surface area contributed by atoms with Crippen molar-refractivity contribution in [2.75, 3.05) is 7.11 Å². The largest absolute Gasteiger partial charge is 0.469 e. The van der Waals surface area contributed by atoms with Gasteiger partial charge in [0.1, 0.15) is 0 Å². The molecule has 0 aromatic heterocycles. The van der Waals surface area contributed by atoms with E-state index in [-0.39, 0.29) is 11.9 Å². The highest BCUT2D eigenvalue weighted by Gasteiger charge is 2.45. The summed E-state index contributed by atoms with van der Waals surface area (Å²) in [6.45, 7) is 6.03. The number of rotatable bonds is 2. The molecule has 2 aliphatic heterocycles. The summed E-state index contributed by atoms with van der Waals surface area (Å²) in [4.78, 5) is 11.8. The summed E-state index contributed by atoms with van der Waals surface area (Å²) in [6, 6.07) is 0.885. The zero-order chi connectivity index (χ0) is 11.0. The third kappa shape index (κ3) is 1.81. The fraction of sp³-hybridized carbons (Fsp3) is 0.750. The highest BCUT2D eigenvalue weighted by Crippen LogP contribution is 2.39. The van der Waals surface area contributed by atoms with E-state index in [2.05, 4.69) is 11.9 Å². The zero-order valence-corrected chi connectivity index (χ0v) is 9.45. The molecule has 0 amide bonds. The average molecular weight is 209 g/mol. The van der Waals surface area contributed by atoms with E-state index in [0.29, 0.717) is 18.0 Å². The molecule has 2 heterocycles. The van der Waals surface area contributed by atoms with E-state index in [9.17, 15) is 4.79 Å². The van der Waals surface area contributed by atoms with Crippen LogP contribution in [-0.2, 0) is 9.53 Å². The number of methoxy groups -OCH3 is 1. The number of carbonyl (C=O) groups is 1. The van der Waals surface area contributed by atoms with Gasteiger partial charge in [-0.15, -0.1) is 0 Å². The van der Waals surface area contributed by atoms with Crippen LogP contribution >= 0.6 is 0 Å². The number of fused-ring (bicyclic) bond motifs is 2. The minimum atomic E-state index is -0.0825. The first kappa shape index (κ1) is 10.7. The van der Waals surface area contributed by atoms with Gasteiger partial charge in [0.2, 0.25) is 0 Å². The number of piperidine rings is 1.